The predicted octanol–water partition coefficient (Wildman–Crippen LogP) is -0.696. The van der Waals surface area contributed by atoms with Gasteiger partial charge in [-0.2, -0.15) is 8.42 Å². The van der Waals surface area contributed by atoms with Crippen LogP contribution in [0.1, 0.15) is 5.56 Å². The summed E-state index contributed by atoms with van der Waals surface area (Å²) in [5, 5.41) is 9.88. The molecule has 2 rings (SSSR count). The molecule has 1 aliphatic rings. The Hall–Kier alpha value is -1.44. The van der Waals surface area contributed by atoms with E-state index in [0.717, 1.165) is 5.01 Å². The smallest absolute Gasteiger partial charge is 0.285 e. The summed E-state index contributed by atoms with van der Waals surface area (Å²) in [6.07, 6.45) is 0. The first-order chi connectivity index (χ1) is 7.56. The Labute approximate surface area is 93.0 Å². The second-order valence-electron chi connectivity index (χ2n) is 3.30. The van der Waals surface area contributed by atoms with Crippen molar-refractivity contribution in [2.24, 2.45) is 10.2 Å². The fraction of sp³-hybridized carbons (Fsp3) is 0.222. The average Bonchev–Trinajstić information content (AvgIpc) is 2.52. The van der Waals surface area contributed by atoms with E-state index >= 15 is 0 Å². The predicted molar refractivity (Wildman–Crippen MR) is 58.1 cm³/mol. The highest BCUT2D eigenvalue weighted by Gasteiger charge is 2.30. The molecule has 0 aromatic heterocycles. The van der Waals surface area contributed by atoms with Crippen LogP contribution in [0.4, 0.5) is 0 Å². The topological polar surface area (TPSA) is 96.0 Å². The number of hydrogen-bond acceptors (Lipinski definition) is 5. The van der Waals surface area contributed by atoms with Crippen molar-refractivity contribution in [3.05, 3.63) is 29.8 Å². The lowest BCUT2D eigenvalue weighted by Crippen LogP contribution is -2.39. The molecule has 0 amide bonds. The van der Waals surface area contributed by atoms with Gasteiger partial charge in [0.25, 0.3) is 10.0 Å². The molecule has 0 saturated carbocycles. The van der Waals surface area contributed by atoms with Crippen molar-refractivity contribution in [1.29, 1.82) is 0 Å². The van der Waals surface area contributed by atoms with Crippen LogP contribution in [0.2, 0.25) is 0 Å². The van der Waals surface area contributed by atoms with Crippen LogP contribution in [0.3, 0.4) is 0 Å². The Kier molecular flexibility index (Phi) is 2.66. The SMILES string of the molecule is NN(CCO)C1=NS(=O)(=O)c2ccccc21. The lowest BCUT2D eigenvalue weighted by molar-refractivity contribution is 0.252. The van der Waals surface area contributed by atoms with E-state index in [1.807, 2.05) is 0 Å². The third kappa shape index (κ3) is 1.69. The summed E-state index contributed by atoms with van der Waals surface area (Å²) in [5.74, 6) is 5.77. The number of hydrogen-bond donors (Lipinski definition) is 2. The van der Waals surface area contributed by atoms with Crippen LogP contribution >= 0.6 is 0 Å². The molecule has 0 fully saturated rings. The van der Waals surface area contributed by atoms with Crippen LogP contribution in [0.15, 0.2) is 33.6 Å². The number of hydrazine groups is 1. The molecule has 7 heteroatoms. The van der Waals surface area contributed by atoms with Gasteiger partial charge in [-0.25, -0.2) is 5.84 Å². The van der Waals surface area contributed by atoms with Crippen molar-refractivity contribution in [2.75, 3.05) is 13.2 Å². The van der Waals surface area contributed by atoms with E-state index in [9.17, 15) is 8.42 Å². The van der Waals surface area contributed by atoms with Gasteiger partial charge >= 0.3 is 0 Å². The Morgan fingerprint density at radius 3 is 2.75 bits per heavy atom. The largest absolute Gasteiger partial charge is 0.394 e. The number of aliphatic hydroxyl groups is 1. The molecule has 6 nitrogen and oxygen atoms in total. The van der Waals surface area contributed by atoms with Crippen LogP contribution in [-0.4, -0.2) is 37.5 Å². The molecule has 0 radical (unpaired) electrons. The summed E-state index contributed by atoms with van der Waals surface area (Å²) in [7, 11) is -3.63. The van der Waals surface area contributed by atoms with Gasteiger partial charge in [-0.15, -0.1) is 4.40 Å². The Balaban J connectivity index is 2.51. The molecule has 1 aromatic rings. The highest BCUT2D eigenvalue weighted by atomic mass is 32.2. The molecule has 86 valence electrons. The Morgan fingerprint density at radius 1 is 1.38 bits per heavy atom. The van der Waals surface area contributed by atoms with Gasteiger partial charge in [0.15, 0.2) is 5.84 Å². The summed E-state index contributed by atoms with van der Waals surface area (Å²) in [6.45, 7) is -0.0412. The number of sulfonamides is 1. The molecule has 3 N–H and O–H groups in total. The minimum Gasteiger partial charge on any atom is -0.394 e. The normalized spacial score (nSPS) is 16.8. The molecule has 1 aliphatic heterocycles. The Morgan fingerprint density at radius 2 is 2.06 bits per heavy atom. The molecule has 1 aromatic carbocycles. The molecule has 0 aliphatic carbocycles. The van der Waals surface area contributed by atoms with Crippen LogP contribution < -0.4 is 5.84 Å². The lowest BCUT2D eigenvalue weighted by atomic mass is 10.2. The quantitative estimate of drug-likeness (QED) is 0.527. The molecule has 0 spiro atoms. The molecule has 0 bridgehead atoms. The molecular formula is C9H11N3O3S. The molecule has 0 unspecified atom stereocenters. The number of nitrogens with two attached hydrogens (primary N) is 1. The summed E-state index contributed by atoms with van der Waals surface area (Å²) in [6, 6.07) is 6.45. The number of aliphatic hydroxyl groups excluding tert-OH is 1. The van der Waals surface area contributed by atoms with Crippen molar-refractivity contribution in [3.63, 3.8) is 0 Å². The second kappa shape index (κ2) is 3.85. The van der Waals surface area contributed by atoms with Gasteiger partial charge in [0.2, 0.25) is 0 Å². The van der Waals surface area contributed by atoms with Crippen LogP contribution in [-0.2, 0) is 10.0 Å². The van der Waals surface area contributed by atoms with E-state index in [2.05, 4.69) is 4.40 Å². The summed E-state index contributed by atoms with van der Waals surface area (Å²) in [5.41, 5.74) is 0.471. The second-order valence-corrected chi connectivity index (χ2v) is 4.88. The first-order valence-electron chi connectivity index (χ1n) is 4.64. The van der Waals surface area contributed by atoms with Crippen molar-refractivity contribution in [3.8, 4) is 0 Å². The maximum atomic E-state index is 11.6. The van der Waals surface area contributed by atoms with Gasteiger partial charge in [0.1, 0.15) is 4.90 Å². The van der Waals surface area contributed by atoms with Crippen LogP contribution in [0.5, 0.6) is 0 Å². The monoisotopic (exact) mass is 241 g/mol. The molecule has 0 atom stereocenters. The number of benzene rings is 1. The third-order valence-electron chi connectivity index (χ3n) is 2.23. The lowest BCUT2D eigenvalue weighted by Gasteiger charge is -2.16. The van der Waals surface area contributed by atoms with Crippen LogP contribution in [0, 0.1) is 0 Å². The van der Waals surface area contributed by atoms with Crippen LogP contribution in [0.25, 0.3) is 0 Å². The number of rotatable bonds is 2. The Bertz CT molecular complexity index is 539. The zero-order valence-electron chi connectivity index (χ0n) is 8.37. The fourth-order valence-electron chi connectivity index (χ4n) is 1.51. The standard InChI is InChI=1S/C9H11N3O3S/c10-12(5-6-13)9-7-3-1-2-4-8(7)16(14,15)11-9/h1-4,13H,5-6,10H2. The van der Waals surface area contributed by atoms with Gasteiger partial charge in [-0.3, -0.25) is 5.01 Å². The molecular weight excluding hydrogens is 230 g/mol. The number of nitrogens with zero attached hydrogens (tertiary/aromatic N) is 2. The summed E-state index contributed by atoms with van der Waals surface area (Å²) in [4.78, 5) is 0.151. The molecule has 1 heterocycles. The highest BCUT2D eigenvalue weighted by molar-refractivity contribution is 7.90. The maximum Gasteiger partial charge on any atom is 0.285 e. The van der Waals surface area contributed by atoms with E-state index in [1.54, 1.807) is 18.2 Å². The number of amidine groups is 1. The van der Waals surface area contributed by atoms with Crippen molar-refractivity contribution in [1.82, 2.24) is 5.01 Å². The van der Waals surface area contributed by atoms with Crippen molar-refractivity contribution >= 4 is 15.9 Å². The third-order valence-corrected chi connectivity index (χ3v) is 3.55. The minimum atomic E-state index is -3.63. The molecule has 16 heavy (non-hydrogen) atoms. The van der Waals surface area contributed by atoms with Crippen molar-refractivity contribution in [2.45, 2.75) is 4.90 Å². The zero-order chi connectivity index (χ0) is 11.8. The highest BCUT2D eigenvalue weighted by Crippen LogP contribution is 2.26. The van der Waals surface area contributed by atoms with E-state index < -0.39 is 10.0 Å². The van der Waals surface area contributed by atoms with E-state index in [1.165, 1.54) is 6.07 Å². The summed E-state index contributed by atoms with van der Waals surface area (Å²) < 4.78 is 26.9. The average molecular weight is 241 g/mol. The van der Waals surface area contributed by atoms with Crippen molar-refractivity contribution < 1.29 is 13.5 Å². The van der Waals surface area contributed by atoms with E-state index in [4.69, 9.17) is 10.9 Å². The molecule has 0 saturated heterocycles. The van der Waals surface area contributed by atoms with Gasteiger partial charge in [-0.1, -0.05) is 12.1 Å². The fourth-order valence-corrected chi connectivity index (χ4v) is 2.73. The first-order valence-corrected chi connectivity index (χ1v) is 6.08. The summed E-state index contributed by atoms with van der Waals surface area (Å²) >= 11 is 0. The van der Waals surface area contributed by atoms with Gasteiger partial charge < -0.3 is 5.11 Å². The maximum absolute atomic E-state index is 11.6. The van der Waals surface area contributed by atoms with Gasteiger partial charge in [-0.05, 0) is 12.1 Å². The zero-order valence-corrected chi connectivity index (χ0v) is 9.18. The van der Waals surface area contributed by atoms with E-state index in [0.29, 0.717) is 5.56 Å². The number of fused-ring (bicyclic) bond motifs is 1. The van der Waals surface area contributed by atoms with Gasteiger partial charge in [0.05, 0.1) is 13.2 Å². The van der Waals surface area contributed by atoms with Gasteiger partial charge in [0, 0.05) is 5.56 Å². The van der Waals surface area contributed by atoms with E-state index in [-0.39, 0.29) is 23.9 Å². The first kappa shape index (κ1) is 11.1. The minimum absolute atomic E-state index is 0.128.